The number of amides is 1. The Morgan fingerprint density at radius 1 is 1.27 bits per heavy atom. The average molecular weight is 463 g/mol. The van der Waals surface area contributed by atoms with Crippen molar-refractivity contribution in [2.75, 3.05) is 25.6 Å². The van der Waals surface area contributed by atoms with Crippen molar-refractivity contribution in [3.05, 3.63) is 57.9 Å². The molecule has 0 bridgehead atoms. The predicted molar refractivity (Wildman–Crippen MR) is 122 cm³/mol. The number of carbonyl (C=O) groups excluding carboxylic acids is 1. The second-order valence-electron chi connectivity index (χ2n) is 8.03. The number of hydrogen-bond acceptors (Lipinski definition) is 8. The number of methoxy groups -OCH3 is 1. The van der Waals surface area contributed by atoms with Gasteiger partial charge in [0.2, 0.25) is 0 Å². The molecule has 9 heteroatoms. The smallest absolute Gasteiger partial charge is 0.259 e. The summed E-state index contributed by atoms with van der Waals surface area (Å²) in [6.45, 7) is 3.07. The molecule has 2 aromatic heterocycles. The Bertz CT molecular complexity index is 1270. The molecule has 0 saturated carbocycles. The van der Waals surface area contributed by atoms with Crippen molar-refractivity contribution < 1.29 is 19.0 Å². The van der Waals surface area contributed by atoms with Gasteiger partial charge in [0, 0.05) is 40.7 Å². The molecule has 0 atom stereocenters. The average Bonchev–Trinajstić information content (AvgIpc) is 3.44. The molecule has 5 rings (SSSR count). The fraction of sp³-hybridized carbons (Fsp3) is 0.333. The van der Waals surface area contributed by atoms with Crippen LogP contribution in [0.15, 0.2) is 30.5 Å². The molecular formula is C24H22N4O4S. The zero-order chi connectivity index (χ0) is 23.0. The number of anilines is 1. The first-order chi connectivity index (χ1) is 16.0. The molecule has 0 radical (unpaired) electrons. The van der Waals surface area contributed by atoms with Gasteiger partial charge < -0.3 is 14.2 Å². The number of carbonyl (C=O) groups is 1. The summed E-state index contributed by atoms with van der Waals surface area (Å²) in [5.74, 6) is -0.298. The van der Waals surface area contributed by atoms with E-state index in [9.17, 15) is 10.1 Å². The molecule has 0 unspecified atom stereocenters. The van der Waals surface area contributed by atoms with Crippen LogP contribution in [0, 0.1) is 18.3 Å². The fourth-order valence-electron chi connectivity index (χ4n) is 4.27. The molecule has 3 aromatic rings. The number of hydrogen-bond donors (Lipinski definition) is 1. The lowest BCUT2D eigenvalue weighted by Gasteiger charge is -2.30. The monoisotopic (exact) mass is 462 g/mol. The van der Waals surface area contributed by atoms with Gasteiger partial charge in [0.25, 0.3) is 5.91 Å². The number of thiazole rings is 1. The molecule has 1 amide bonds. The van der Waals surface area contributed by atoms with Crippen molar-refractivity contribution in [3.8, 4) is 22.9 Å². The van der Waals surface area contributed by atoms with E-state index in [-0.39, 0.29) is 5.91 Å². The van der Waals surface area contributed by atoms with E-state index in [1.807, 2.05) is 13.0 Å². The molecule has 1 aliphatic heterocycles. The van der Waals surface area contributed by atoms with Gasteiger partial charge in [-0.3, -0.25) is 15.1 Å². The molecular weight excluding hydrogens is 440 g/mol. The van der Waals surface area contributed by atoms with Gasteiger partial charge in [-0.25, -0.2) is 4.98 Å². The van der Waals surface area contributed by atoms with Crippen LogP contribution in [0.2, 0.25) is 0 Å². The standard InChI is InChI=1S/C24H22N4O4S/c1-14-9-16(17-10-15(12-25)3-4-20(17)30-2)18(13-26-14)22(29)28-23-27-19-5-6-24(11-21(19)33-23)31-7-8-32-24/h3-4,9-10,13H,5-8,11H2,1-2H3,(H,27,28,29). The lowest BCUT2D eigenvalue weighted by Crippen LogP contribution is -2.36. The van der Waals surface area contributed by atoms with Gasteiger partial charge in [0.1, 0.15) is 5.75 Å². The maximum atomic E-state index is 13.3. The Morgan fingerprint density at radius 2 is 2.09 bits per heavy atom. The maximum Gasteiger partial charge on any atom is 0.259 e. The summed E-state index contributed by atoms with van der Waals surface area (Å²) < 4.78 is 17.2. The molecule has 1 fully saturated rings. The Hall–Kier alpha value is -3.32. The summed E-state index contributed by atoms with van der Waals surface area (Å²) >= 11 is 1.45. The maximum absolute atomic E-state index is 13.3. The lowest BCUT2D eigenvalue weighted by molar-refractivity contribution is -0.163. The molecule has 2 aliphatic rings. The minimum atomic E-state index is -0.544. The highest BCUT2D eigenvalue weighted by atomic mass is 32.1. The number of nitrogens with one attached hydrogen (secondary N) is 1. The quantitative estimate of drug-likeness (QED) is 0.627. The van der Waals surface area contributed by atoms with Crippen LogP contribution in [-0.2, 0) is 22.3 Å². The number of rotatable bonds is 4. The third-order valence-corrected chi connectivity index (χ3v) is 6.90. The molecule has 33 heavy (non-hydrogen) atoms. The number of aromatic nitrogens is 2. The van der Waals surface area contributed by atoms with Gasteiger partial charge in [-0.15, -0.1) is 11.3 Å². The fourth-order valence-corrected chi connectivity index (χ4v) is 5.36. The largest absolute Gasteiger partial charge is 0.496 e. The van der Waals surface area contributed by atoms with E-state index in [2.05, 4.69) is 21.4 Å². The van der Waals surface area contributed by atoms with E-state index in [1.165, 1.54) is 11.3 Å². The van der Waals surface area contributed by atoms with Crippen molar-refractivity contribution in [1.82, 2.24) is 9.97 Å². The van der Waals surface area contributed by atoms with Crippen molar-refractivity contribution in [3.63, 3.8) is 0 Å². The van der Waals surface area contributed by atoms with Crippen LogP contribution in [-0.4, -0.2) is 42.0 Å². The van der Waals surface area contributed by atoms with Gasteiger partial charge in [-0.05, 0) is 37.6 Å². The molecule has 1 saturated heterocycles. The first kappa shape index (κ1) is 21.5. The minimum Gasteiger partial charge on any atom is -0.496 e. The predicted octanol–water partition coefficient (Wildman–Crippen LogP) is 3.88. The highest BCUT2D eigenvalue weighted by Gasteiger charge is 2.41. The molecule has 8 nitrogen and oxygen atoms in total. The van der Waals surface area contributed by atoms with Crippen molar-refractivity contribution >= 4 is 22.4 Å². The summed E-state index contributed by atoms with van der Waals surface area (Å²) in [5.41, 5.74) is 3.87. The summed E-state index contributed by atoms with van der Waals surface area (Å²) in [7, 11) is 1.56. The number of nitriles is 1. The first-order valence-corrected chi connectivity index (χ1v) is 11.4. The highest BCUT2D eigenvalue weighted by Crippen LogP contribution is 2.39. The van der Waals surface area contributed by atoms with Crippen LogP contribution in [0.4, 0.5) is 5.13 Å². The third kappa shape index (κ3) is 4.09. The molecule has 1 aliphatic carbocycles. The zero-order valence-electron chi connectivity index (χ0n) is 18.3. The minimum absolute atomic E-state index is 0.323. The van der Waals surface area contributed by atoms with E-state index in [0.29, 0.717) is 52.8 Å². The number of ether oxygens (including phenoxy) is 3. The molecule has 3 heterocycles. The lowest BCUT2D eigenvalue weighted by atomic mass is 9.96. The van der Waals surface area contributed by atoms with Crippen LogP contribution < -0.4 is 10.1 Å². The van der Waals surface area contributed by atoms with Crippen LogP contribution in [0.25, 0.3) is 11.1 Å². The second kappa shape index (κ2) is 8.56. The zero-order valence-corrected chi connectivity index (χ0v) is 19.1. The van der Waals surface area contributed by atoms with E-state index in [4.69, 9.17) is 14.2 Å². The van der Waals surface area contributed by atoms with E-state index in [1.54, 1.807) is 31.5 Å². The van der Waals surface area contributed by atoms with E-state index in [0.717, 1.165) is 29.1 Å². The number of benzene rings is 1. The van der Waals surface area contributed by atoms with Gasteiger partial charge in [0.05, 0.1) is 43.2 Å². The number of pyridine rings is 1. The molecule has 1 aromatic carbocycles. The Labute approximate surface area is 195 Å². The summed E-state index contributed by atoms with van der Waals surface area (Å²) in [6, 6.07) is 9.08. The number of nitrogens with zero attached hydrogens (tertiary/aromatic N) is 3. The normalized spacial score (nSPS) is 16.3. The van der Waals surface area contributed by atoms with Crippen LogP contribution in [0.1, 0.15) is 38.6 Å². The number of fused-ring (bicyclic) bond motifs is 1. The third-order valence-electron chi connectivity index (χ3n) is 5.89. The first-order valence-electron chi connectivity index (χ1n) is 10.6. The van der Waals surface area contributed by atoms with Crippen molar-refractivity contribution in [1.29, 1.82) is 5.26 Å². The summed E-state index contributed by atoms with van der Waals surface area (Å²) in [4.78, 5) is 23.3. The Morgan fingerprint density at radius 3 is 2.85 bits per heavy atom. The summed E-state index contributed by atoms with van der Waals surface area (Å²) in [5, 5.41) is 12.8. The van der Waals surface area contributed by atoms with E-state index < -0.39 is 5.79 Å². The SMILES string of the molecule is COc1ccc(C#N)cc1-c1cc(C)ncc1C(=O)Nc1nc2c(s1)CC1(CC2)OCCO1. The van der Waals surface area contributed by atoms with Gasteiger partial charge in [0.15, 0.2) is 10.9 Å². The Balaban J connectivity index is 1.46. The van der Waals surface area contributed by atoms with Crippen LogP contribution in [0.5, 0.6) is 5.75 Å². The molecule has 168 valence electrons. The molecule has 1 spiro atoms. The second-order valence-corrected chi connectivity index (χ2v) is 9.11. The van der Waals surface area contributed by atoms with Crippen molar-refractivity contribution in [2.24, 2.45) is 0 Å². The van der Waals surface area contributed by atoms with Gasteiger partial charge in [-0.2, -0.15) is 5.26 Å². The number of aryl methyl sites for hydroxylation is 2. The topological polar surface area (TPSA) is 106 Å². The van der Waals surface area contributed by atoms with Crippen LogP contribution in [0.3, 0.4) is 0 Å². The van der Waals surface area contributed by atoms with E-state index >= 15 is 0 Å². The van der Waals surface area contributed by atoms with Crippen LogP contribution >= 0.6 is 11.3 Å². The van der Waals surface area contributed by atoms with Crippen molar-refractivity contribution in [2.45, 2.75) is 32.0 Å². The highest BCUT2D eigenvalue weighted by molar-refractivity contribution is 7.15. The van der Waals surface area contributed by atoms with Gasteiger partial charge in [-0.1, -0.05) is 0 Å². The van der Waals surface area contributed by atoms with Gasteiger partial charge >= 0.3 is 0 Å². The summed E-state index contributed by atoms with van der Waals surface area (Å²) in [6.07, 6.45) is 3.70. The Kier molecular flexibility index (Phi) is 5.58. The molecule has 1 N–H and O–H groups in total.